The van der Waals surface area contributed by atoms with Crippen molar-refractivity contribution in [2.45, 2.75) is 19.4 Å². The molecule has 1 rings (SSSR count). The fourth-order valence-corrected chi connectivity index (χ4v) is 1.11. The average molecular weight is 184 g/mol. The number of aromatic hydroxyl groups is 1. The molecular formula is C9H13FN2O. The van der Waals surface area contributed by atoms with Crippen molar-refractivity contribution in [2.24, 2.45) is 5.73 Å². The van der Waals surface area contributed by atoms with Gasteiger partial charge < -0.3 is 16.6 Å². The zero-order valence-electron chi connectivity index (χ0n) is 7.63. The van der Waals surface area contributed by atoms with Crippen LogP contribution in [0.15, 0.2) is 12.1 Å². The van der Waals surface area contributed by atoms with Gasteiger partial charge in [-0.25, -0.2) is 4.39 Å². The fraction of sp³-hybridized carbons (Fsp3) is 0.333. The van der Waals surface area contributed by atoms with E-state index in [0.717, 1.165) is 6.07 Å². The number of phenols is 1. The Hall–Kier alpha value is -1.29. The number of rotatable bonds is 1. The number of anilines is 1. The lowest BCUT2D eigenvalue weighted by Gasteiger charge is -2.21. The maximum absolute atomic E-state index is 12.9. The Morgan fingerprint density at radius 1 is 1.38 bits per heavy atom. The molecule has 0 aromatic heterocycles. The molecule has 72 valence electrons. The molecule has 0 unspecified atom stereocenters. The van der Waals surface area contributed by atoms with Crippen LogP contribution < -0.4 is 11.5 Å². The Balaban J connectivity index is 3.37. The third-order valence-electron chi connectivity index (χ3n) is 1.80. The van der Waals surface area contributed by atoms with Gasteiger partial charge in [-0.1, -0.05) is 0 Å². The zero-order valence-corrected chi connectivity index (χ0v) is 7.63. The molecule has 0 saturated carbocycles. The second kappa shape index (κ2) is 2.88. The van der Waals surface area contributed by atoms with Crippen molar-refractivity contribution in [3.05, 3.63) is 23.5 Å². The Bertz CT molecular complexity index is 331. The van der Waals surface area contributed by atoms with Crippen LogP contribution >= 0.6 is 0 Å². The second-order valence-corrected chi connectivity index (χ2v) is 3.61. The molecule has 1 aromatic carbocycles. The van der Waals surface area contributed by atoms with Crippen molar-refractivity contribution in [2.75, 3.05) is 5.73 Å². The van der Waals surface area contributed by atoms with Gasteiger partial charge in [-0.3, -0.25) is 0 Å². The first-order valence-corrected chi connectivity index (χ1v) is 3.89. The summed E-state index contributed by atoms with van der Waals surface area (Å²) < 4.78 is 12.9. The number of hydrogen-bond acceptors (Lipinski definition) is 3. The molecule has 3 nitrogen and oxygen atoms in total. The van der Waals surface area contributed by atoms with Gasteiger partial charge in [0.2, 0.25) is 0 Å². The van der Waals surface area contributed by atoms with Crippen molar-refractivity contribution in [1.82, 2.24) is 0 Å². The minimum Gasteiger partial charge on any atom is -0.505 e. The highest BCUT2D eigenvalue weighted by Crippen LogP contribution is 2.32. The molecule has 0 aliphatic rings. The van der Waals surface area contributed by atoms with E-state index in [2.05, 4.69) is 0 Å². The fourth-order valence-electron chi connectivity index (χ4n) is 1.11. The first-order valence-electron chi connectivity index (χ1n) is 3.89. The van der Waals surface area contributed by atoms with E-state index in [1.807, 2.05) is 0 Å². The number of nitrogen functional groups attached to an aromatic ring is 1. The SMILES string of the molecule is CC(C)(N)c1cc(F)cc(N)c1O. The third kappa shape index (κ3) is 1.89. The van der Waals surface area contributed by atoms with Crippen LogP contribution in [0.2, 0.25) is 0 Å². The van der Waals surface area contributed by atoms with Crippen LogP contribution in [0.3, 0.4) is 0 Å². The van der Waals surface area contributed by atoms with Crippen LogP contribution in [0.25, 0.3) is 0 Å². The standard InChI is InChI=1S/C9H13FN2O/c1-9(2,12)6-3-5(10)4-7(11)8(6)13/h3-4,13H,11-12H2,1-2H3. The van der Waals surface area contributed by atoms with Crippen molar-refractivity contribution in [1.29, 1.82) is 0 Å². The summed E-state index contributed by atoms with van der Waals surface area (Å²) in [5.74, 6) is -0.641. The average Bonchev–Trinajstić information content (AvgIpc) is 1.94. The van der Waals surface area contributed by atoms with E-state index in [0.29, 0.717) is 5.56 Å². The van der Waals surface area contributed by atoms with Crippen LogP contribution in [-0.2, 0) is 5.54 Å². The van der Waals surface area contributed by atoms with Crippen LogP contribution in [-0.4, -0.2) is 5.11 Å². The molecule has 0 heterocycles. The second-order valence-electron chi connectivity index (χ2n) is 3.61. The van der Waals surface area contributed by atoms with Crippen molar-refractivity contribution >= 4 is 5.69 Å². The van der Waals surface area contributed by atoms with Gasteiger partial charge in [0.1, 0.15) is 11.6 Å². The topological polar surface area (TPSA) is 72.3 Å². The van der Waals surface area contributed by atoms with Gasteiger partial charge >= 0.3 is 0 Å². The lowest BCUT2D eigenvalue weighted by molar-refractivity contribution is 0.439. The van der Waals surface area contributed by atoms with Gasteiger partial charge in [0.25, 0.3) is 0 Å². The molecule has 0 fully saturated rings. The monoisotopic (exact) mass is 184 g/mol. The van der Waals surface area contributed by atoms with Gasteiger partial charge in [0, 0.05) is 17.2 Å². The summed E-state index contributed by atoms with van der Waals surface area (Å²) in [4.78, 5) is 0. The largest absolute Gasteiger partial charge is 0.505 e. The normalized spacial score (nSPS) is 11.7. The smallest absolute Gasteiger partial charge is 0.143 e. The van der Waals surface area contributed by atoms with Crippen LogP contribution in [0.1, 0.15) is 19.4 Å². The van der Waals surface area contributed by atoms with Crippen molar-refractivity contribution in [3.63, 3.8) is 0 Å². The van der Waals surface area contributed by atoms with Gasteiger partial charge in [0.15, 0.2) is 0 Å². The maximum atomic E-state index is 12.9. The number of benzene rings is 1. The van der Waals surface area contributed by atoms with Crippen LogP contribution in [0.5, 0.6) is 5.75 Å². The number of nitrogens with two attached hydrogens (primary N) is 2. The molecular weight excluding hydrogens is 171 g/mol. The molecule has 0 atom stereocenters. The van der Waals surface area contributed by atoms with Gasteiger partial charge in [-0.2, -0.15) is 0 Å². The molecule has 4 heteroatoms. The van der Waals surface area contributed by atoms with Crippen molar-refractivity contribution in [3.8, 4) is 5.75 Å². The summed E-state index contributed by atoms with van der Waals surface area (Å²) >= 11 is 0. The quantitative estimate of drug-likeness (QED) is 0.455. The van der Waals surface area contributed by atoms with E-state index >= 15 is 0 Å². The molecule has 0 aliphatic heterocycles. The Labute approximate surface area is 76.2 Å². The summed E-state index contributed by atoms with van der Waals surface area (Å²) in [5.41, 5.74) is 10.6. The molecule has 13 heavy (non-hydrogen) atoms. The van der Waals surface area contributed by atoms with E-state index in [-0.39, 0.29) is 11.4 Å². The highest BCUT2D eigenvalue weighted by Gasteiger charge is 2.20. The highest BCUT2D eigenvalue weighted by atomic mass is 19.1. The number of halogens is 1. The molecule has 0 aliphatic carbocycles. The minimum atomic E-state index is -0.805. The van der Waals surface area contributed by atoms with Crippen molar-refractivity contribution < 1.29 is 9.50 Å². The molecule has 0 bridgehead atoms. The Morgan fingerprint density at radius 3 is 2.38 bits per heavy atom. The summed E-state index contributed by atoms with van der Waals surface area (Å²) in [6.07, 6.45) is 0. The molecule has 1 aromatic rings. The summed E-state index contributed by atoms with van der Waals surface area (Å²) in [6, 6.07) is 2.25. The lowest BCUT2D eigenvalue weighted by atomic mass is 9.94. The van der Waals surface area contributed by atoms with Crippen LogP contribution in [0.4, 0.5) is 10.1 Å². The van der Waals surface area contributed by atoms with E-state index in [4.69, 9.17) is 11.5 Å². The predicted molar refractivity (Wildman–Crippen MR) is 49.7 cm³/mol. The van der Waals surface area contributed by atoms with Gasteiger partial charge in [-0.15, -0.1) is 0 Å². The maximum Gasteiger partial charge on any atom is 0.143 e. The molecule has 0 amide bonds. The van der Waals surface area contributed by atoms with Gasteiger partial charge in [0.05, 0.1) is 5.69 Å². The summed E-state index contributed by atoms with van der Waals surface area (Å²) in [5, 5.41) is 9.49. The minimum absolute atomic E-state index is 0.00789. The van der Waals surface area contributed by atoms with E-state index in [1.54, 1.807) is 13.8 Å². The predicted octanol–water partition coefficient (Wildman–Crippen LogP) is 1.31. The summed E-state index contributed by atoms with van der Waals surface area (Å²) in [6.45, 7) is 3.34. The zero-order chi connectivity index (χ0) is 10.2. The van der Waals surface area contributed by atoms with E-state index in [1.165, 1.54) is 6.07 Å². The van der Waals surface area contributed by atoms with E-state index < -0.39 is 11.4 Å². The van der Waals surface area contributed by atoms with Gasteiger partial charge in [-0.05, 0) is 19.9 Å². The third-order valence-corrected chi connectivity index (χ3v) is 1.80. The Morgan fingerprint density at radius 2 is 1.92 bits per heavy atom. The molecule has 0 saturated heterocycles. The molecule has 5 N–H and O–H groups in total. The first kappa shape index (κ1) is 9.80. The highest BCUT2D eigenvalue weighted by molar-refractivity contribution is 5.57. The molecule has 0 spiro atoms. The summed E-state index contributed by atoms with van der Waals surface area (Å²) in [7, 11) is 0. The molecule has 0 radical (unpaired) electrons. The Kier molecular flexibility index (Phi) is 2.17. The number of phenolic OH excluding ortho intramolecular Hbond substituents is 1. The number of hydrogen-bond donors (Lipinski definition) is 3. The lowest BCUT2D eigenvalue weighted by Crippen LogP contribution is -2.29. The van der Waals surface area contributed by atoms with E-state index in [9.17, 15) is 9.50 Å². The first-order chi connectivity index (χ1) is 5.82. The van der Waals surface area contributed by atoms with Crippen LogP contribution in [0, 0.1) is 5.82 Å².